The Morgan fingerprint density at radius 2 is 1.96 bits per heavy atom. The molecule has 2 aromatic carbocycles. The van der Waals surface area contributed by atoms with Crippen LogP contribution in [0.4, 0.5) is 11.4 Å². The van der Waals surface area contributed by atoms with E-state index in [4.69, 9.17) is 4.74 Å². The van der Waals surface area contributed by atoms with E-state index in [2.05, 4.69) is 12.2 Å². The molecule has 1 aliphatic heterocycles. The summed E-state index contributed by atoms with van der Waals surface area (Å²) in [5.41, 5.74) is 3.53. The Balaban J connectivity index is 1.91. The number of ether oxygens (including phenoxy) is 1. The van der Waals surface area contributed by atoms with Crippen LogP contribution in [0, 0.1) is 6.92 Å². The van der Waals surface area contributed by atoms with Gasteiger partial charge in [0.25, 0.3) is 5.91 Å². The first-order chi connectivity index (χ1) is 12.4. The van der Waals surface area contributed by atoms with Gasteiger partial charge in [-0.05, 0) is 50.5 Å². The molecule has 1 heterocycles. The highest BCUT2D eigenvalue weighted by Gasteiger charge is 2.37. The summed E-state index contributed by atoms with van der Waals surface area (Å²) in [5, 5.41) is 3.02. The molecule has 2 amide bonds. The molecule has 0 fully saturated rings. The smallest absolute Gasteiger partial charge is 0.268 e. The van der Waals surface area contributed by atoms with Gasteiger partial charge in [0.05, 0.1) is 5.69 Å². The van der Waals surface area contributed by atoms with E-state index >= 15 is 0 Å². The normalized spacial score (nSPS) is 17.3. The zero-order valence-electron chi connectivity index (χ0n) is 15.6. The Morgan fingerprint density at radius 1 is 1.23 bits per heavy atom. The summed E-state index contributed by atoms with van der Waals surface area (Å²) in [7, 11) is 0. The second-order valence-electron chi connectivity index (χ2n) is 6.56. The fourth-order valence-electron chi connectivity index (χ4n) is 3.26. The summed E-state index contributed by atoms with van der Waals surface area (Å²) >= 11 is 0. The van der Waals surface area contributed by atoms with Gasteiger partial charge >= 0.3 is 0 Å². The Bertz CT molecular complexity index is 847. The highest BCUT2D eigenvalue weighted by Crippen LogP contribution is 2.35. The van der Waals surface area contributed by atoms with Gasteiger partial charge in [-0.2, -0.15) is 0 Å². The number of anilines is 2. The van der Waals surface area contributed by atoms with Crippen LogP contribution in [-0.4, -0.2) is 24.0 Å². The van der Waals surface area contributed by atoms with Crippen LogP contribution in [0.3, 0.4) is 0 Å². The summed E-state index contributed by atoms with van der Waals surface area (Å²) in [6, 6.07) is 12.6. The Kier molecular flexibility index (Phi) is 4.98. The number of rotatable bonds is 4. The molecule has 0 aliphatic carbocycles. The minimum atomic E-state index is -0.653. The van der Waals surface area contributed by atoms with E-state index in [0.717, 1.165) is 23.2 Å². The highest BCUT2D eigenvalue weighted by atomic mass is 16.5. The molecule has 1 N–H and O–H groups in total. The first-order valence-electron chi connectivity index (χ1n) is 8.92. The average molecular weight is 352 g/mol. The zero-order valence-corrected chi connectivity index (χ0v) is 15.6. The SMILES string of the molecule is CCc1cccc(C)c1NC(=O)C(C)N1C(=O)C(C)Oc2ccccc21. The molecule has 2 atom stereocenters. The molecule has 0 spiro atoms. The summed E-state index contributed by atoms with van der Waals surface area (Å²) in [4.78, 5) is 27.2. The molecule has 2 unspecified atom stereocenters. The standard InChI is InChI=1S/C21H24N2O3/c1-5-16-10-8-9-13(2)19(16)22-20(24)14(3)23-17-11-6-7-12-18(17)26-15(4)21(23)25/h6-12,14-15H,5H2,1-4H3,(H,22,24). The monoisotopic (exact) mass is 352 g/mol. The largest absolute Gasteiger partial charge is 0.479 e. The number of carbonyl (C=O) groups is 2. The van der Waals surface area contributed by atoms with Crippen LogP contribution in [0.5, 0.6) is 5.75 Å². The van der Waals surface area contributed by atoms with Gasteiger partial charge in [-0.25, -0.2) is 0 Å². The lowest BCUT2D eigenvalue weighted by Crippen LogP contribution is -2.52. The number of nitrogens with zero attached hydrogens (tertiary/aromatic N) is 1. The lowest BCUT2D eigenvalue weighted by atomic mass is 10.0. The summed E-state index contributed by atoms with van der Waals surface area (Å²) in [6.07, 6.45) is 0.201. The number of carbonyl (C=O) groups excluding carboxylic acids is 2. The van der Waals surface area contributed by atoms with E-state index in [1.54, 1.807) is 19.9 Å². The number of para-hydroxylation sites is 3. The first kappa shape index (κ1) is 18.0. The molecule has 5 nitrogen and oxygen atoms in total. The Labute approximate surface area is 154 Å². The molecular weight excluding hydrogens is 328 g/mol. The molecule has 0 saturated carbocycles. The van der Waals surface area contributed by atoms with Crippen molar-refractivity contribution in [2.45, 2.75) is 46.3 Å². The maximum absolute atomic E-state index is 12.9. The number of aryl methyl sites for hydroxylation is 2. The van der Waals surface area contributed by atoms with Crippen LogP contribution in [0.2, 0.25) is 0 Å². The van der Waals surface area contributed by atoms with Crippen LogP contribution in [0.15, 0.2) is 42.5 Å². The van der Waals surface area contributed by atoms with Crippen molar-refractivity contribution in [2.75, 3.05) is 10.2 Å². The van der Waals surface area contributed by atoms with Crippen molar-refractivity contribution < 1.29 is 14.3 Å². The van der Waals surface area contributed by atoms with Crippen molar-refractivity contribution in [3.05, 3.63) is 53.6 Å². The van der Waals surface area contributed by atoms with Crippen molar-refractivity contribution in [1.82, 2.24) is 0 Å². The molecule has 0 radical (unpaired) electrons. The highest BCUT2D eigenvalue weighted by molar-refractivity contribution is 6.08. The third-order valence-corrected chi connectivity index (χ3v) is 4.77. The Morgan fingerprint density at radius 3 is 2.69 bits per heavy atom. The van der Waals surface area contributed by atoms with Gasteiger partial charge in [-0.1, -0.05) is 37.3 Å². The molecule has 1 aliphatic rings. The van der Waals surface area contributed by atoms with Crippen molar-refractivity contribution in [3.8, 4) is 5.75 Å². The number of amides is 2. The van der Waals surface area contributed by atoms with Gasteiger partial charge in [0.1, 0.15) is 11.8 Å². The van der Waals surface area contributed by atoms with Crippen molar-refractivity contribution in [1.29, 1.82) is 0 Å². The minimum absolute atomic E-state index is 0.216. The Hall–Kier alpha value is -2.82. The second kappa shape index (κ2) is 7.20. The number of benzene rings is 2. The number of hydrogen-bond donors (Lipinski definition) is 1. The van der Waals surface area contributed by atoms with Crippen molar-refractivity contribution >= 4 is 23.2 Å². The molecule has 3 rings (SSSR count). The van der Waals surface area contributed by atoms with Gasteiger partial charge in [0.2, 0.25) is 5.91 Å². The molecule has 26 heavy (non-hydrogen) atoms. The molecule has 136 valence electrons. The van der Waals surface area contributed by atoms with E-state index in [1.165, 1.54) is 4.90 Å². The van der Waals surface area contributed by atoms with Gasteiger partial charge in [0, 0.05) is 5.69 Å². The average Bonchev–Trinajstić information content (AvgIpc) is 2.63. The summed E-state index contributed by atoms with van der Waals surface area (Å²) in [6.45, 7) is 7.46. The van der Waals surface area contributed by atoms with Crippen molar-refractivity contribution in [3.63, 3.8) is 0 Å². The number of nitrogens with one attached hydrogen (secondary N) is 1. The lowest BCUT2D eigenvalue weighted by molar-refractivity contribution is -0.128. The topological polar surface area (TPSA) is 58.6 Å². The van der Waals surface area contributed by atoms with E-state index in [-0.39, 0.29) is 11.8 Å². The van der Waals surface area contributed by atoms with Crippen LogP contribution >= 0.6 is 0 Å². The summed E-state index contributed by atoms with van der Waals surface area (Å²) in [5.74, 6) is 0.183. The number of hydrogen-bond acceptors (Lipinski definition) is 3. The third kappa shape index (κ3) is 3.17. The fourth-order valence-corrected chi connectivity index (χ4v) is 3.26. The maximum Gasteiger partial charge on any atom is 0.268 e. The molecular formula is C21H24N2O3. The quantitative estimate of drug-likeness (QED) is 0.913. The van der Waals surface area contributed by atoms with E-state index in [9.17, 15) is 9.59 Å². The van der Waals surface area contributed by atoms with Crippen LogP contribution < -0.4 is 15.0 Å². The zero-order chi connectivity index (χ0) is 18.8. The van der Waals surface area contributed by atoms with Crippen LogP contribution in [-0.2, 0) is 16.0 Å². The van der Waals surface area contributed by atoms with Gasteiger partial charge in [0.15, 0.2) is 6.10 Å². The molecule has 0 aromatic heterocycles. The second-order valence-corrected chi connectivity index (χ2v) is 6.56. The van der Waals surface area contributed by atoms with Crippen molar-refractivity contribution in [2.24, 2.45) is 0 Å². The molecule has 2 aromatic rings. The lowest BCUT2D eigenvalue weighted by Gasteiger charge is -2.36. The van der Waals surface area contributed by atoms with E-state index < -0.39 is 12.1 Å². The van der Waals surface area contributed by atoms with Crippen LogP contribution in [0.1, 0.15) is 31.9 Å². The van der Waals surface area contributed by atoms with E-state index in [0.29, 0.717) is 11.4 Å². The van der Waals surface area contributed by atoms with Gasteiger partial charge in [-0.3, -0.25) is 14.5 Å². The predicted octanol–water partition coefficient (Wildman–Crippen LogP) is 3.70. The predicted molar refractivity (Wildman–Crippen MR) is 103 cm³/mol. The van der Waals surface area contributed by atoms with Gasteiger partial charge < -0.3 is 10.1 Å². The van der Waals surface area contributed by atoms with Gasteiger partial charge in [-0.15, -0.1) is 0 Å². The van der Waals surface area contributed by atoms with E-state index in [1.807, 2.05) is 43.3 Å². The molecule has 0 saturated heterocycles. The third-order valence-electron chi connectivity index (χ3n) is 4.77. The fraction of sp³-hybridized carbons (Fsp3) is 0.333. The molecule has 5 heteroatoms. The maximum atomic E-state index is 12.9. The minimum Gasteiger partial charge on any atom is -0.479 e. The summed E-state index contributed by atoms with van der Waals surface area (Å²) < 4.78 is 5.66. The first-order valence-corrected chi connectivity index (χ1v) is 8.92. The number of fused-ring (bicyclic) bond motifs is 1. The van der Waals surface area contributed by atoms with Crippen LogP contribution in [0.25, 0.3) is 0 Å². The molecule has 0 bridgehead atoms.